The molecular formula is C6H13N3O2. The highest BCUT2D eigenvalue weighted by Crippen LogP contribution is 1.70. The summed E-state index contributed by atoms with van der Waals surface area (Å²) >= 11 is 0. The van der Waals surface area contributed by atoms with E-state index < -0.39 is 0 Å². The second-order valence-corrected chi connectivity index (χ2v) is 1.83. The van der Waals surface area contributed by atoms with Crippen LogP contribution < -0.4 is 5.43 Å². The van der Waals surface area contributed by atoms with E-state index in [9.17, 15) is 0 Å². The molecule has 0 aromatic carbocycles. The van der Waals surface area contributed by atoms with Crippen molar-refractivity contribution in [1.29, 1.82) is 5.41 Å². The molecule has 0 unspecified atom stereocenters. The van der Waals surface area contributed by atoms with Gasteiger partial charge >= 0.3 is 0 Å². The number of nitrogens with zero attached hydrogens (tertiary/aromatic N) is 1. The maximum absolute atomic E-state index is 6.91. The quantitative estimate of drug-likeness (QED) is 0.260. The first kappa shape index (κ1) is 9.90. The molecule has 0 aliphatic carbocycles. The van der Waals surface area contributed by atoms with Gasteiger partial charge in [0.15, 0.2) is 6.40 Å². The van der Waals surface area contributed by atoms with Crippen molar-refractivity contribution in [3.05, 3.63) is 0 Å². The fraction of sp³-hybridized carbons (Fsp3) is 0.667. The summed E-state index contributed by atoms with van der Waals surface area (Å²) in [6.45, 7) is 2.60. The third-order valence-corrected chi connectivity index (χ3v) is 0.765. The van der Waals surface area contributed by atoms with Crippen molar-refractivity contribution in [1.82, 2.24) is 5.43 Å². The molecule has 0 rings (SSSR count). The molecule has 0 saturated heterocycles. The van der Waals surface area contributed by atoms with Gasteiger partial charge < -0.3 is 9.47 Å². The third kappa shape index (κ3) is 8.90. The van der Waals surface area contributed by atoms with Gasteiger partial charge in [0.05, 0.1) is 6.61 Å². The molecule has 0 radical (unpaired) electrons. The SMILES string of the molecule is COCCO/C=N/NC(C)=N. The number of rotatable bonds is 5. The monoisotopic (exact) mass is 159 g/mol. The van der Waals surface area contributed by atoms with Crippen molar-refractivity contribution in [3.63, 3.8) is 0 Å². The van der Waals surface area contributed by atoms with Crippen molar-refractivity contribution in [2.75, 3.05) is 20.3 Å². The van der Waals surface area contributed by atoms with Crippen molar-refractivity contribution in [2.24, 2.45) is 5.10 Å². The lowest BCUT2D eigenvalue weighted by atomic mass is 10.7. The lowest BCUT2D eigenvalue weighted by Gasteiger charge is -1.97. The first-order chi connectivity index (χ1) is 5.27. The summed E-state index contributed by atoms with van der Waals surface area (Å²) in [5.74, 6) is 0.275. The molecule has 11 heavy (non-hydrogen) atoms. The molecule has 0 aromatic heterocycles. The van der Waals surface area contributed by atoms with Crippen molar-refractivity contribution in [3.8, 4) is 0 Å². The Kier molecular flexibility index (Phi) is 6.31. The van der Waals surface area contributed by atoms with Crippen LogP contribution in [0, 0.1) is 5.41 Å². The van der Waals surface area contributed by atoms with Gasteiger partial charge in [-0.2, -0.15) is 0 Å². The Balaban J connectivity index is 3.10. The predicted octanol–water partition coefficient (Wildman–Crippen LogP) is 0.179. The highest BCUT2D eigenvalue weighted by molar-refractivity contribution is 5.76. The van der Waals surface area contributed by atoms with E-state index in [1.54, 1.807) is 14.0 Å². The van der Waals surface area contributed by atoms with E-state index in [4.69, 9.17) is 14.9 Å². The summed E-state index contributed by atoms with van der Waals surface area (Å²) in [5.41, 5.74) is 2.41. The van der Waals surface area contributed by atoms with Crippen LogP contribution >= 0.6 is 0 Å². The van der Waals surface area contributed by atoms with Gasteiger partial charge in [-0.05, 0) is 6.92 Å². The summed E-state index contributed by atoms with van der Waals surface area (Å²) in [5, 5.41) is 10.5. The van der Waals surface area contributed by atoms with Crippen LogP contribution in [0.4, 0.5) is 0 Å². The van der Waals surface area contributed by atoms with E-state index in [2.05, 4.69) is 10.5 Å². The number of hydrazone groups is 1. The molecule has 2 N–H and O–H groups in total. The molecule has 0 aromatic rings. The highest BCUT2D eigenvalue weighted by atomic mass is 16.5. The summed E-state index contributed by atoms with van der Waals surface area (Å²) in [6.07, 6.45) is 1.25. The molecule has 5 nitrogen and oxygen atoms in total. The first-order valence-electron chi connectivity index (χ1n) is 3.20. The molecule has 64 valence electrons. The largest absolute Gasteiger partial charge is 0.479 e. The molecule has 0 spiro atoms. The fourth-order valence-electron chi connectivity index (χ4n) is 0.345. The Morgan fingerprint density at radius 3 is 2.91 bits per heavy atom. The zero-order valence-electron chi connectivity index (χ0n) is 6.76. The molecule has 0 aliphatic heterocycles. The summed E-state index contributed by atoms with van der Waals surface area (Å²) in [7, 11) is 1.60. The van der Waals surface area contributed by atoms with Gasteiger partial charge in [0.25, 0.3) is 0 Å². The maximum atomic E-state index is 6.91. The van der Waals surface area contributed by atoms with Crippen LogP contribution in [0.3, 0.4) is 0 Å². The second kappa shape index (κ2) is 7.01. The first-order valence-corrected chi connectivity index (χ1v) is 3.20. The van der Waals surface area contributed by atoms with E-state index in [1.807, 2.05) is 0 Å². The van der Waals surface area contributed by atoms with Gasteiger partial charge in [-0.15, -0.1) is 5.10 Å². The molecule has 0 fully saturated rings. The molecular weight excluding hydrogens is 146 g/mol. The van der Waals surface area contributed by atoms with Crippen molar-refractivity contribution < 1.29 is 9.47 Å². The van der Waals surface area contributed by atoms with Gasteiger partial charge in [0.1, 0.15) is 12.4 Å². The Labute approximate surface area is 65.9 Å². The molecule has 0 heterocycles. The number of ether oxygens (including phenoxy) is 2. The summed E-state index contributed by atoms with van der Waals surface area (Å²) in [4.78, 5) is 0. The van der Waals surface area contributed by atoms with Gasteiger partial charge in [-0.3, -0.25) is 10.8 Å². The van der Waals surface area contributed by atoms with Crippen molar-refractivity contribution >= 4 is 12.2 Å². The number of hydrogen-bond acceptors (Lipinski definition) is 4. The van der Waals surface area contributed by atoms with E-state index in [1.165, 1.54) is 6.40 Å². The Morgan fingerprint density at radius 1 is 1.64 bits per heavy atom. The molecule has 0 atom stereocenters. The smallest absolute Gasteiger partial charge is 0.192 e. The van der Waals surface area contributed by atoms with Crippen LogP contribution in [0.25, 0.3) is 0 Å². The van der Waals surface area contributed by atoms with Crippen LogP contribution in [0.15, 0.2) is 5.10 Å². The van der Waals surface area contributed by atoms with E-state index in [0.717, 1.165) is 0 Å². The lowest BCUT2D eigenvalue weighted by Crippen LogP contribution is -2.12. The number of amidine groups is 1. The van der Waals surface area contributed by atoms with Crippen LogP contribution in [0.2, 0.25) is 0 Å². The van der Waals surface area contributed by atoms with Gasteiger partial charge in [-0.25, -0.2) is 0 Å². The molecule has 0 aliphatic rings. The van der Waals surface area contributed by atoms with Crippen LogP contribution in [0.1, 0.15) is 6.92 Å². The van der Waals surface area contributed by atoms with Gasteiger partial charge in [0, 0.05) is 7.11 Å². The zero-order valence-corrected chi connectivity index (χ0v) is 6.76. The summed E-state index contributed by atoms with van der Waals surface area (Å²) in [6, 6.07) is 0. The van der Waals surface area contributed by atoms with Crippen LogP contribution in [0.5, 0.6) is 0 Å². The zero-order chi connectivity index (χ0) is 8.53. The minimum atomic E-state index is 0.275. The maximum Gasteiger partial charge on any atom is 0.192 e. The number of nitrogens with one attached hydrogen (secondary N) is 2. The van der Waals surface area contributed by atoms with Crippen LogP contribution in [-0.4, -0.2) is 32.6 Å². The summed E-state index contributed by atoms with van der Waals surface area (Å²) < 4.78 is 9.57. The highest BCUT2D eigenvalue weighted by Gasteiger charge is 1.80. The average molecular weight is 159 g/mol. The Morgan fingerprint density at radius 2 is 2.36 bits per heavy atom. The third-order valence-electron chi connectivity index (χ3n) is 0.765. The minimum Gasteiger partial charge on any atom is -0.479 e. The minimum absolute atomic E-state index is 0.275. The number of hydrogen-bond donors (Lipinski definition) is 2. The van der Waals surface area contributed by atoms with Gasteiger partial charge in [0.2, 0.25) is 0 Å². The average Bonchev–Trinajstić information content (AvgIpc) is 1.96. The van der Waals surface area contributed by atoms with Crippen LogP contribution in [-0.2, 0) is 9.47 Å². The lowest BCUT2D eigenvalue weighted by molar-refractivity contribution is 0.144. The second-order valence-electron chi connectivity index (χ2n) is 1.83. The molecule has 0 amide bonds. The standard InChI is InChI=1S/C6H13N3O2/c1-6(7)9-8-5-11-4-3-10-2/h5H,3-4H2,1-2H3,(H2,7,9)/b8-5+. The number of methoxy groups -OCH3 is 1. The van der Waals surface area contributed by atoms with Crippen molar-refractivity contribution in [2.45, 2.75) is 6.92 Å². The Hall–Kier alpha value is -1.10. The Bertz CT molecular complexity index is 136. The van der Waals surface area contributed by atoms with E-state index in [-0.39, 0.29) is 5.84 Å². The normalized spacial score (nSPS) is 10.0. The molecule has 5 heteroatoms. The fourth-order valence-corrected chi connectivity index (χ4v) is 0.345. The topological polar surface area (TPSA) is 66.7 Å². The molecule has 0 saturated carbocycles. The predicted molar refractivity (Wildman–Crippen MR) is 42.9 cm³/mol. The molecule has 0 bridgehead atoms. The van der Waals surface area contributed by atoms with E-state index in [0.29, 0.717) is 13.2 Å². The van der Waals surface area contributed by atoms with Gasteiger partial charge in [-0.1, -0.05) is 0 Å². The van der Waals surface area contributed by atoms with E-state index >= 15 is 0 Å².